The number of benzene rings is 1. The molecule has 0 aliphatic carbocycles. The minimum atomic E-state index is -3.05. The van der Waals surface area contributed by atoms with Gasteiger partial charge in [-0.05, 0) is 49.1 Å². The van der Waals surface area contributed by atoms with Crippen LogP contribution in [0.25, 0.3) is 10.4 Å². The second kappa shape index (κ2) is 7.36. The van der Waals surface area contributed by atoms with Gasteiger partial charge in [0, 0.05) is 28.7 Å². The van der Waals surface area contributed by atoms with E-state index in [0.717, 1.165) is 23.3 Å². The Kier molecular flexibility index (Phi) is 4.92. The van der Waals surface area contributed by atoms with Crippen LogP contribution in [0.1, 0.15) is 28.9 Å². The third-order valence-corrected chi connectivity index (χ3v) is 6.21. The number of thiophene rings is 1. The number of hydrogen-bond donors (Lipinski definition) is 3. The first-order chi connectivity index (χ1) is 13.0. The Morgan fingerprint density at radius 3 is 2.52 bits per heavy atom. The number of alkyl halides is 2. The molecular weight excluding hydrogens is 372 g/mol. The maximum atomic E-state index is 12.5. The predicted molar refractivity (Wildman–Crippen MR) is 100 cm³/mol. The summed E-state index contributed by atoms with van der Waals surface area (Å²) in [6, 6.07) is 11.4. The van der Waals surface area contributed by atoms with Crippen LogP contribution in [0, 0.1) is 0 Å². The highest BCUT2D eigenvalue weighted by Gasteiger charge is 2.39. The Bertz CT molecular complexity index is 853. The van der Waals surface area contributed by atoms with Crippen molar-refractivity contribution in [3.05, 3.63) is 41.3 Å². The van der Waals surface area contributed by atoms with E-state index < -0.39 is 12.3 Å². The van der Waals surface area contributed by atoms with Gasteiger partial charge in [-0.3, -0.25) is 9.59 Å². The smallest absolute Gasteiger partial charge is 0.315 e. The number of carbonyl (C=O) groups is 2. The van der Waals surface area contributed by atoms with Crippen molar-refractivity contribution in [3.63, 3.8) is 0 Å². The molecule has 27 heavy (non-hydrogen) atoms. The molecule has 0 spiro atoms. The highest BCUT2D eigenvalue weighted by Crippen LogP contribution is 2.31. The molecule has 8 heteroatoms. The van der Waals surface area contributed by atoms with Crippen molar-refractivity contribution in [2.24, 2.45) is 0 Å². The first-order valence-corrected chi connectivity index (χ1v) is 9.67. The van der Waals surface area contributed by atoms with E-state index in [2.05, 4.69) is 16.0 Å². The molecule has 2 saturated heterocycles. The van der Waals surface area contributed by atoms with Crippen molar-refractivity contribution < 1.29 is 18.4 Å². The van der Waals surface area contributed by atoms with Crippen molar-refractivity contribution in [3.8, 4) is 10.4 Å². The average molecular weight is 391 g/mol. The Morgan fingerprint density at radius 1 is 1.11 bits per heavy atom. The van der Waals surface area contributed by atoms with E-state index in [4.69, 9.17) is 0 Å². The fraction of sp³-hybridized carbons (Fsp3) is 0.368. The lowest BCUT2D eigenvalue weighted by Gasteiger charge is -2.20. The third-order valence-electron chi connectivity index (χ3n) is 5.08. The fourth-order valence-electron chi connectivity index (χ4n) is 3.75. The summed E-state index contributed by atoms with van der Waals surface area (Å²) in [6.07, 6.45) is 0.238. The minimum Gasteiger partial charge on any atom is -0.347 e. The van der Waals surface area contributed by atoms with Crippen LogP contribution >= 0.6 is 11.3 Å². The van der Waals surface area contributed by atoms with Crippen LogP contribution in [0.4, 0.5) is 14.5 Å². The van der Waals surface area contributed by atoms with E-state index in [-0.39, 0.29) is 11.9 Å². The van der Waals surface area contributed by atoms with Gasteiger partial charge in [0.05, 0.1) is 4.88 Å². The van der Waals surface area contributed by atoms with E-state index in [1.165, 1.54) is 17.8 Å². The van der Waals surface area contributed by atoms with Crippen molar-refractivity contribution >= 4 is 28.8 Å². The summed E-state index contributed by atoms with van der Waals surface area (Å²) >= 11 is 1.38. The van der Waals surface area contributed by atoms with Crippen LogP contribution in [-0.2, 0) is 4.79 Å². The standard InChI is InChI=1S/C19H19F2N3O2S/c20-17(21)19(26)23-11-3-1-10(2-4-11)15-7-8-16(27-15)18(25)24-14-9-12-5-6-13(14)22-12/h1-4,7-8,12-14,17,22H,5-6,9H2,(H,23,26)(H,24,25)/t12-,13-,14+/m0/s1. The molecule has 4 rings (SSSR count). The van der Waals surface area contributed by atoms with Crippen molar-refractivity contribution in [1.29, 1.82) is 0 Å². The molecule has 2 aliphatic rings. The van der Waals surface area contributed by atoms with Crippen LogP contribution in [-0.4, -0.2) is 36.4 Å². The first kappa shape index (κ1) is 18.1. The second-order valence-corrected chi connectivity index (χ2v) is 7.98. The monoisotopic (exact) mass is 391 g/mol. The number of rotatable bonds is 5. The maximum Gasteiger partial charge on any atom is 0.315 e. The minimum absolute atomic E-state index is 0.0635. The van der Waals surface area contributed by atoms with Gasteiger partial charge in [0.1, 0.15) is 0 Å². The van der Waals surface area contributed by atoms with E-state index in [9.17, 15) is 18.4 Å². The van der Waals surface area contributed by atoms with Gasteiger partial charge in [-0.2, -0.15) is 8.78 Å². The lowest BCUT2D eigenvalue weighted by atomic mass is 9.95. The molecule has 0 unspecified atom stereocenters. The summed E-state index contributed by atoms with van der Waals surface area (Å²) in [4.78, 5) is 25.1. The molecule has 2 fully saturated rings. The number of halogens is 2. The van der Waals surface area contributed by atoms with Crippen LogP contribution in [0.5, 0.6) is 0 Å². The number of nitrogens with one attached hydrogen (secondary N) is 3. The topological polar surface area (TPSA) is 70.2 Å². The van der Waals surface area contributed by atoms with Gasteiger partial charge < -0.3 is 16.0 Å². The van der Waals surface area contributed by atoms with Gasteiger partial charge in [-0.15, -0.1) is 11.3 Å². The summed E-state index contributed by atoms with van der Waals surface area (Å²) in [6.45, 7) is 0. The van der Waals surface area contributed by atoms with Gasteiger partial charge in [0.2, 0.25) is 0 Å². The molecule has 0 radical (unpaired) electrons. The van der Waals surface area contributed by atoms with Gasteiger partial charge >= 0.3 is 6.43 Å². The number of fused-ring (bicyclic) bond motifs is 2. The van der Waals surface area contributed by atoms with E-state index in [0.29, 0.717) is 22.6 Å². The van der Waals surface area contributed by atoms with Gasteiger partial charge in [0.25, 0.3) is 11.8 Å². The molecule has 1 aromatic carbocycles. The van der Waals surface area contributed by atoms with Crippen molar-refractivity contribution in [2.75, 3.05) is 5.32 Å². The normalized spacial score (nSPS) is 23.6. The fourth-order valence-corrected chi connectivity index (χ4v) is 4.67. The molecule has 5 nitrogen and oxygen atoms in total. The SMILES string of the molecule is O=C(N[C@@H]1C[C@@H]2CC[C@@H]1N2)c1ccc(-c2ccc(NC(=O)C(F)F)cc2)s1. The summed E-state index contributed by atoms with van der Waals surface area (Å²) < 4.78 is 24.6. The third kappa shape index (κ3) is 3.86. The van der Waals surface area contributed by atoms with E-state index in [1.807, 2.05) is 6.07 Å². The summed E-state index contributed by atoms with van der Waals surface area (Å²) in [5.41, 5.74) is 1.16. The Morgan fingerprint density at radius 2 is 1.89 bits per heavy atom. The highest BCUT2D eigenvalue weighted by atomic mass is 32.1. The molecule has 142 valence electrons. The second-order valence-electron chi connectivity index (χ2n) is 6.89. The zero-order valence-electron chi connectivity index (χ0n) is 14.4. The molecule has 0 saturated carbocycles. The van der Waals surface area contributed by atoms with Crippen LogP contribution in [0.3, 0.4) is 0 Å². The molecule has 2 aliphatic heterocycles. The predicted octanol–water partition coefficient (Wildman–Crippen LogP) is 3.24. The number of anilines is 1. The van der Waals surface area contributed by atoms with Crippen molar-refractivity contribution in [2.45, 2.75) is 43.8 Å². The highest BCUT2D eigenvalue weighted by molar-refractivity contribution is 7.17. The molecule has 3 heterocycles. The number of amides is 2. The average Bonchev–Trinajstić information content (AvgIpc) is 3.39. The van der Waals surface area contributed by atoms with Crippen LogP contribution < -0.4 is 16.0 Å². The largest absolute Gasteiger partial charge is 0.347 e. The molecule has 2 aromatic rings. The summed E-state index contributed by atoms with van der Waals surface area (Å²) in [5, 5.41) is 8.77. The summed E-state index contributed by atoms with van der Waals surface area (Å²) in [5.74, 6) is -1.39. The molecule has 3 N–H and O–H groups in total. The van der Waals surface area contributed by atoms with E-state index in [1.54, 1.807) is 30.3 Å². The first-order valence-electron chi connectivity index (χ1n) is 8.86. The zero-order chi connectivity index (χ0) is 19.0. The Labute approximate surface area is 159 Å². The van der Waals surface area contributed by atoms with E-state index >= 15 is 0 Å². The molecule has 1 aromatic heterocycles. The Hall–Kier alpha value is -2.32. The summed E-state index contributed by atoms with van der Waals surface area (Å²) in [7, 11) is 0. The quantitative estimate of drug-likeness (QED) is 0.733. The number of hydrogen-bond acceptors (Lipinski definition) is 4. The van der Waals surface area contributed by atoms with Crippen LogP contribution in [0.15, 0.2) is 36.4 Å². The molecule has 3 atom stereocenters. The molecule has 2 amide bonds. The Balaban J connectivity index is 1.40. The van der Waals surface area contributed by atoms with Gasteiger partial charge in [0.15, 0.2) is 0 Å². The van der Waals surface area contributed by atoms with Crippen LogP contribution in [0.2, 0.25) is 0 Å². The lowest BCUT2D eigenvalue weighted by molar-refractivity contribution is -0.126. The number of carbonyl (C=O) groups excluding carboxylic acids is 2. The lowest BCUT2D eigenvalue weighted by Crippen LogP contribution is -2.42. The zero-order valence-corrected chi connectivity index (χ0v) is 15.2. The maximum absolute atomic E-state index is 12.5. The molecule has 2 bridgehead atoms. The van der Waals surface area contributed by atoms with Crippen molar-refractivity contribution in [1.82, 2.24) is 10.6 Å². The van der Waals surface area contributed by atoms with Gasteiger partial charge in [-0.25, -0.2) is 0 Å². The molecular formula is C19H19F2N3O2S. The van der Waals surface area contributed by atoms with Gasteiger partial charge in [-0.1, -0.05) is 12.1 Å².